The number of carbonyl (C=O) groups is 1. The van der Waals surface area contributed by atoms with Crippen LogP contribution in [0.3, 0.4) is 0 Å². The van der Waals surface area contributed by atoms with Gasteiger partial charge in [0, 0.05) is 0 Å². The second-order valence-electron chi connectivity index (χ2n) is 5.93. The van der Waals surface area contributed by atoms with Crippen molar-refractivity contribution >= 4 is 34.5 Å². The van der Waals surface area contributed by atoms with Crippen LogP contribution in [0.5, 0.6) is 5.75 Å². The number of nitrogens with one attached hydrogen (secondary N) is 2. The molecule has 0 radical (unpaired) electrons. The molecule has 27 heavy (non-hydrogen) atoms. The summed E-state index contributed by atoms with van der Waals surface area (Å²) in [5.74, 6) is -2.23. The average molecular weight is 416 g/mol. The number of alkyl halides is 3. The van der Waals surface area contributed by atoms with Crippen molar-refractivity contribution in [3.63, 3.8) is 0 Å². The fourth-order valence-corrected chi connectivity index (χ4v) is 3.99. The van der Waals surface area contributed by atoms with Crippen LogP contribution in [0.25, 0.3) is 0 Å². The Hall–Kier alpha value is -2.17. The molecule has 3 N–H and O–H groups in total. The summed E-state index contributed by atoms with van der Waals surface area (Å²) in [7, 11) is 1.46. The third-order valence-electron chi connectivity index (χ3n) is 4.33. The normalized spacial score (nSPS) is 25.4. The van der Waals surface area contributed by atoms with Crippen molar-refractivity contribution < 1.29 is 27.8 Å². The van der Waals surface area contributed by atoms with E-state index in [4.69, 9.17) is 17.0 Å². The van der Waals surface area contributed by atoms with Crippen LogP contribution in [0.2, 0.25) is 0 Å². The molecule has 3 atom stereocenters. The first-order valence-electron chi connectivity index (χ1n) is 7.77. The Bertz CT molecular complexity index is 840. The van der Waals surface area contributed by atoms with Gasteiger partial charge in [0.25, 0.3) is 0 Å². The van der Waals surface area contributed by atoms with E-state index in [-0.39, 0.29) is 4.88 Å². The monoisotopic (exact) mass is 416 g/mol. The molecule has 144 valence electrons. The number of benzene rings is 1. The smallest absolute Gasteiger partial charge is 0.437 e. The summed E-state index contributed by atoms with van der Waals surface area (Å²) in [6.07, 6.45) is -5.14. The summed E-state index contributed by atoms with van der Waals surface area (Å²) < 4.78 is 46.4. The molecule has 1 aliphatic heterocycles. The lowest BCUT2D eigenvalue weighted by atomic mass is 9.79. The Balaban J connectivity index is 2.12. The fraction of sp³-hybridized carbons (Fsp3) is 0.294. The minimum absolute atomic E-state index is 0.109. The Kier molecular flexibility index (Phi) is 5.15. The predicted octanol–water partition coefficient (Wildman–Crippen LogP) is 3.03. The number of rotatable bonds is 4. The Morgan fingerprint density at radius 2 is 1.96 bits per heavy atom. The average Bonchev–Trinajstić information content (AvgIpc) is 3.14. The molecule has 2 heterocycles. The van der Waals surface area contributed by atoms with Gasteiger partial charge in [-0.15, -0.1) is 11.3 Å². The van der Waals surface area contributed by atoms with E-state index >= 15 is 0 Å². The van der Waals surface area contributed by atoms with Gasteiger partial charge in [-0.3, -0.25) is 4.79 Å². The summed E-state index contributed by atoms with van der Waals surface area (Å²) in [5.41, 5.74) is -3.15. The lowest BCUT2D eigenvalue weighted by Crippen LogP contribution is -2.72. The first-order valence-corrected chi connectivity index (χ1v) is 9.05. The second-order valence-corrected chi connectivity index (χ2v) is 7.29. The molecular weight excluding hydrogens is 401 g/mol. The van der Waals surface area contributed by atoms with Crippen LogP contribution >= 0.6 is 23.6 Å². The molecule has 0 amide bonds. The zero-order valence-corrected chi connectivity index (χ0v) is 15.5. The van der Waals surface area contributed by atoms with Crippen molar-refractivity contribution in [3.8, 4) is 5.75 Å². The fourth-order valence-electron chi connectivity index (χ4n) is 3.00. The van der Waals surface area contributed by atoms with E-state index in [9.17, 15) is 23.1 Å². The number of halogens is 3. The van der Waals surface area contributed by atoms with Gasteiger partial charge < -0.3 is 20.5 Å². The van der Waals surface area contributed by atoms with Crippen LogP contribution < -0.4 is 15.4 Å². The Morgan fingerprint density at radius 1 is 1.30 bits per heavy atom. The number of hydrogen-bond donors (Lipinski definition) is 3. The number of ether oxygens (including phenoxy) is 1. The van der Waals surface area contributed by atoms with E-state index < -0.39 is 34.8 Å². The van der Waals surface area contributed by atoms with Crippen LogP contribution in [-0.4, -0.2) is 35.0 Å². The van der Waals surface area contributed by atoms with Crippen molar-refractivity contribution in [2.45, 2.75) is 17.9 Å². The van der Waals surface area contributed by atoms with E-state index in [0.29, 0.717) is 11.3 Å². The van der Waals surface area contributed by atoms with Crippen LogP contribution in [-0.2, 0) is 0 Å². The number of ketones is 1. The molecule has 0 aliphatic carbocycles. The van der Waals surface area contributed by atoms with E-state index in [1.54, 1.807) is 23.6 Å². The van der Waals surface area contributed by atoms with Crippen LogP contribution in [0.1, 0.15) is 21.3 Å². The van der Waals surface area contributed by atoms with Crippen molar-refractivity contribution in [3.05, 3.63) is 52.2 Å². The summed E-state index contributed by atoms with van der Waals surface area (Å²) in [6.45, 7) is 0. The van der Waals surface area contributed by atoms with E-state index in [0.717, 1.165) is 11.3 Å². The quantitative estimate of drug-likeness (QED) is 0.526. The highest BCUT2D eigenvalue weighted by atomic mass is 32.1. The molecule has 0 bridgehead atoms. The molecule has 10 heteroatoms. The number of carbonyl (C=O) groups excluding carboxylic acids is 1. The highest BCUT2D eigenvalue weighted by Gasteiger charge is 2.65. The maximum Gasteiger partial charge on any atom is 0.437 e. The molecule has 0 unspecified atom stereocenters. The van der Waals surface area contributed by atoms with Crippen molar-refractivity contribution in [1.82, 2.24) is 10.6 Å². The number of hydrogen-bond acceptors (Lipinski definition) is 5. The molecule has 1 saturated heterocycles. The molecule has 3 rings (SSSR count). The molecule has 1 aromatic heterocycles. The second kappa shape index (κ2) is 7.10. The largest absolute Gasteiger partial charge is 0.497 e. The van der Waals surface area contributed by atoms with Gasteiger partial charge in [-0.25, -0.2) is 0 Å². The maximum absolute atomic E-state index is 13.8. The van der Waals surface area contributed by atoms with Gasteiger partial charge in [0.1, 0.15) is 11.7 Å². The summed E-state index contributed by atoms with van der Waals surface area (Å²) in [5, 5.41) is 16.3. The third kappa shape index (κ3) is 3.52. The topological polar surface area (TPSA) is 70.6 Å². The lowest BCUT2D eigenvalue weighted by Gasteiger charge is -2.46. The molecule has 1 aromatic carbocycles. The number of aliphatic hydroxyl groups is 1. The lowest BCUT2D eigenvalue weighted by molar-refractivity contribution is -0.285. The molecule has 2 aromatic rings. The van der Waals surface area contributed by atoms with Crippen molar-refractivity contribution in [1.29, 1.82) is 0 Å². The third-order valence-corrected chi connectivity index (χ3v) is 5.43. The number of thiocarbonyl (C=S) groups is 1. The van der Waals surface area contributed by atoms with Crippen molar-refractivity contribution in [2.75, 3.05) is 7.11 Å². The van der Waals surface area contributed by atoms with Gasteiger partial charge in [0.2, 0.25) is 5.72 Å². The van der Waals surface area contributed by atoms with Gasteiger partial charge in [-0.1, -0.05) is 18.2 Å². The van der Waals surface area contributed by atoms with E-state index in [1.807, 2.05) is 5.32 Å². The van der Waals surface area contributed by atoms with E-state index in [1.165, 1.54) is 25.3 Å². The van der Waals surface area contributed by atoms with Crippen LogP contribution in [0.15, 0.2) is 41.8 Å². The summed E-state index contributed by atoms with van der Waals surface area (Å²) in [6, 6.07) is 7.95. The summed E-state index contributed by atoms with van der Waals surface area (Å²) >= 11 is 5.88. The highest BCUT2D eigenvalue weighted by molar-refractivity contribution is 7.80. The number of thiophene rings is 1. The van der Waals surface area contributed by atoms with Crippen LogP contribution in [0, 0.1) is 5.92 Å². The Labute approximate surface area is 162 Å². The van der Waals surface area contributed by atoms with Gasteiger partial charge in [-0.05, 0) is 41.4 Å². The molecule has 0 spiro atoms. The zero-order chi connectivity index (χ0) is 19.8. The Morgan fingerprint density at radius 3 is 2.48 bits per heavy atom. The first-order chi connectivity index (χ1) is 12.7. The minimum Gasteiger partial charge on any atom is -0.497 e. The van der Waals surface area contributed by atoms with Crippen molar-refractivity contribution in [2.24, 2.45) is 5.92 Å². The zero-order valence-electron chi connectivity index (χ0n) is 13.9. The molecule has 1 aliphatic rings. The molecule has 1 fully saturated rings. The van der Waals surface area contributed by atoms with E-state index in [2.05, 4.69) is 5.32 Å². The van der Waals surface area contributed by atoms with Gasteiger partial charge in [0.15, 0.2) is 10.9 Å². The maximum atomic E-state index is 13.8. The first kappa shape index (κ1) is 19.6. The number of methoxy groups -OCH3 is 1. The molecule has 5 nitrogen and oxygen atoms in total. The summed E-state index contributed by atoms with van der Waals surface area (Å²) in [4.78, 5) is 13.0. The van der Waals surface area contributed by atoms with Gasteiger partial charge in [-0.2, -0.15) is 13.2 Å². The van der Waals surface area contributed by atoms with Crippen LogP contribution in [0.4, 0.5) is 13.2 Å². The highest BCUT2D eigenvalue weighted by Crippen LogP contribution is 2.44. The predicted molar refractivity (Wildman–Crippen MR) is 97.7 cm³/mol. The molecular formula is C17H15F3N2O3S2. The SMILES string of the molecule is COc1ccc([C@@H]2NC(=S)N[C@@](O)(C(F)(F)F)[C@@H]2C(=O)c2cccs2)cc1. The van der Waals surface area contributed by atoms with Gasteiger partial charge in [0.05, 0.1) is 18.0 Å². The van der Waals surface area contributed by atoms with Gasteiger partial charge >= 0.3 is 6.18 Å². The molecule has 0 saturated carbocycles. The minimum atomic E-state index is -5.14. The number of Topliss-reactive ketones (excluding diaryl/α,β-unsaturated/α-hetero) is 1. The standard InChI is InChI=1S/C17H15F3N2O3S2/c1-25-10-6-4-9(5-7-10)13-12(14(23)11-3-2-8-27-11)16(24,17(18,19)20)22-15(26)21-13/h2-8,12-13,24H,1H3,(H2,21,22,26)/t12-,13-,16-/m0/s1.